The van der Waals surface area contributed by atoms with E-state index in [9.17, 15) is 4.57 Å². The molecule has 1 aromatic carbocycles. The molecule has 0 saturated heterocycles. The van der Waals surface area contributed by atoms with E-state index >= 15 is 0 Å². The smallest absolute Gasteiger partial charge is 0.335 e. The highest BCUT2D eigenvalue weighted by atomic mass is 35.5. The maximum absolute atomic E-state index is 12.7. The first-order valence-corrected chi connectivity index (χ1v) is 9.72. The molecule has 0 amide bonds. The van der Waals surface area contributed by atoms with Crippen LogP contribution in [0.5, 0.6) is 5.75 Å². The number of nitrogens with zero attached hydrogens (tertiary/aromatic N) is 1. The monoisotopic (exact) mass is 357 g/mol. The molecule has 0 bridgehead atoms. The summed E-state index contributed by atoms with van der Waals surface area (Å²) in [6, 6.07) is 7.47. The minimum atomic E-state index is -3.22. The Kier molecular flexibility index (Phi) is 6.42. The molecule has 7 heteroatoms. The fourth-order valence-electron chi connectivity index (χ4n) is 2.27. The van der Waals surface area contributed by atoms with E-state index in [1.165, 1.54) is 0 Å². The summed E-state index contributed by atoms with van der Waals surface area (Å²) in [7, 11) is -3.22. The zero-order valence-corrected chi connectivity index (χ0v) is 15.2. The third-order valence-corrected chi connectivity index (χ3v) is 5.50. The molecule has 0 aliphatic carbocycles. The van der Waals surface area contributed by atoms with E-state index in [4.69, 9.17) is 25.4 Å². The topological polar surface area (TPSA) is 57.7 Å². The molecule has 0 unspecified atom stereocenters. The van der Waals surface area contributed by atoms with Crippen LogP contribution in [0.4, 0.5) is 0 Å². The Morgan fingerprint density at radius 2 is 1.78 bits per heavy atom. The third-order valence-electron chi connectivity index (χ3n) is 3.14. The first kappa shape index (κ1) is 18.2. The van der Waals surface area contributed by atoms with Crippen molar-refractivity contribution in [3.8, 4) is 5.75 Å². The summed E-state index contributed by atoms with van der Waals surface area (Å²) in [5.41, 5.74) is 1.38. The molecule has 0 N–H and O–H groups in total. The molecule has 0 radical (unpaired) electrons. The van der Waals surface area contributed by atoms with Crippen molar-refractivity contribution in [1.29, 1.82) is 0 Å². The molecule has 0 atom stereocenters. The molecule has 1 aromatic heterocycles. The van der Waals surface area contributed by atoms with Gasteiger partial charge < -0.3 is 13.8 Å². The second-order valence-electron chi connectivity index (χ2n) is 4.83. The maximum Gasteiger partial charge on any atom is 0.335 e. The standard InChI is InChI=1S/C16H21ClNO4P/c1-4-20-14-8-7-12-9-13(16(17)18-15(12)10-14)11-23(19,21-5-2)22-6-3/h7-10H,4-6,11H2,1-3H3. The van der Waals surface area contributed by atoms with E-state index in [0.29, 0.717) is 30.5 Å². The van der Waals surface area contributed by atoms with Crippen molar-refractivity contribution in [2.24, 2.45) is 0 Å². The molecule has 0 aliphatic rings. The highest BCUT2D eigenvalue weighted by Crippen LogP contribution is 2.52. The Bertz CT molecular complexity index is 713. The zero-order valence-electron chi connectivity index (χ0n) is 13.5. The van der Waals surface area contributed by atoms with Crippen LogP contribution in [0.25, 0.3) is 10.9 Å². The van der Waals surface area contributed by atoms with E-state index in [0.717, 1.165) is 16.7 Å². The Hall–Kier alpha value is -1.13. The molecule has 0 aliphatic heterocycles. The normalized spacial score (nSPS) is 11.8. The molecular weight excluding hydrogens is 337 g/mol. The Balaban J connectivity index is 2.36. The highest BCUT2D eigenvalue weighted by molar-refractivity contribution is 7.53. The van der Waals surface area contributed by atoms with Crippen molar-refractivity contribution in [3.05, 3.63) is 35.0 Å². The van der Waals surface area contributed by atoms with Crippen molar-refractivity contribution < 1.29 is 18.3 Å². The summed E-state index contributed by atoms with van der Waals surface area (Å²) in [4.78, 5) is 4.38. The van der Waals surface area contributed by atoms with Gasteiger partial charge >= 0.3 is 7.60 Å². The molecule has 126 valence electrons. The van der Waals surface area contributed by atoms with Crippen molar-refractivity contribution in [2.75, 3.05) is 19.8 Å². The minimum absolute atomic E-state index is 0.101. The zero-order chi connectivity index (χ0) is 16.9. The lowest BCUT2D eigenvalue weighted by atomic mass is 10.1. The quantitative estimate of drug-likeness (QED) is 0.488. The number of aromatic nitrogens is 1. The van der Waals surface area contributed by atoms with Crippen LogP contribution in [0.1, 0.15) is 26.3 Å². The molecule has 2 aromatic rings. The van der Waals surface area contributed by atoms with Gasteiger partial charge in [-0.05, 0) is 39.0 Å². The number of benzene rings is 1. The summed E-state index contributed by atoms with van der Waals surface area (Å²) in [6.45, 7) is 6.69. The molecule has 0 spiro atoms. The molecule has 0 saturated carbocycles. The van der Waals surface area contributed by atoms with Gasteiger partial charge in [-0.2, -0.15) is 0 Å². The van der Waals surface area contributed by atoms with Crippen LogP contribution in [-0.4, -0.2) is 24.8 Å². The molecule has 2 rings (SSSR count). The predicted molar refractivity (Wildman–Crippen MR) is 92.5 cm³/mol. The van der Waals surface area contributed by atoms with Crippen LogP contribution in [0.2, 0.25) is 5.15 Å². The summed E-state index contributed by atoms with van der Waals surface area (Å²) < 4.78 is 28.8. The average molecular weight is 358 g/mol. The van der Waals surface area contributed by atoms with E-state index in [1.54, 1.807) is 13.8 Å². The second-order valence-corrected chi connectivity index (χ2v) is 7.24. The first-order chi connectivity index (χ1) is 11.0. The van der Waals surface area contributed by atoms with Gasteiger partial charge in [0, 0.05) is 17.0 Å². The minimum Gasteiger partial charge on any atom is -0.494 e. The SMILES string of the molecule is CCOc1ccc2cc(CP(=O)(OCC)OCC)c(Cl)nc2c1. The molecule has 1 heterocycles. The van der Waals surface area contributed by atoms with Gasteiger partial charge in [-0.15, -0.1) is 0 Å². The Labute approximate surface area is 141 Å². The summed E-state index contributed by atoms with van der Waals surface area (Å²) in [6.07, 6.45) is 0.101. The number of fused-ring (bicyclic) bond motifs is 1. The number of hydrogen-bond acceptors (Lipinski definition) is 5. The number of ether oxygens (including phenoxy) is 1. The number of hydrogen-bond donors (Lipinski definition) is 0. The van der Waals surface area contributed by atoms with E-state index in [1.807, 2.05) is 31.2 Å². The van der Waals surface area contributed by atoms with Crippen LogP contribution in [0.15, 0.2) is 24.3 Å². The van der Waals surface area contributed by atoms with E-state index in [-0.39, 0.29) is 6.16 Å². The summed E-state index contributed by atoms with van der Waals surface area (Å²) >= 11 is 6.25. The van der Waals surface area contributed by atoms with Gasteiger partial charge in [0.1, 0.15) is 10.9 Å². The lowest BCUT2D eigenvalue weighted by molar-refractivity contribution is 0.219. The van der Waals surface area contributed by atoms with Crippen LogP contribution < -0.4 is 4.74 Å². The van der Waals surface area contributed by atoms with E-state index < -0.39 is 7.60 Å². The predicted octanol–water partition coefficient (Wildman–Crippen LogP) is 5.05. The van der Waals surface area contributed by atoms with Gasteiger partial charge in [0.25, 0.3) is 0 Å². The average Bonchev–Trinajstić information content (AvgIpc) is 2.49. The van der Waals surface area contributed by atoms with Gasteiger partial charge in [-0.1, -0.05) is 11.6 Å². The summed E-state index contributed by atoms with van der Waals surface area (Å²) in [5.74, 6) is 0.741. The molecular formula is C16H21ClNO4P. The largest absolute Gasteiger partial charge is 0.494 e. The molecule has 0 fully saturated rings. The fraction of sp³-hybridized carbons (Fsp3) is 0.438. The van der Waals surface area contributed by atoms with Crippen LogP contribution in [-0.2, 0) is 19.8 Å². The van der Waals surface area contributed by atoms with Gasteiger partial charge in [-0.3, -0.25) is 4.57 Å². The molecule has 5 nitrogen and oxygen atoms in total. The third kappa shape index (κ3) is 4.67. The fourth-order valence-corrected chi connectivity index (χ4v) is 4.27. The Morgan fingerprint density at radius 1 is 1.09 bits per heavy atom. The number of pyridine rings is 1. The van der Waals surface area contributed by atoms with Crippen LogP contribution >= 0.6 is 19.2 Å². The Morgan fingerprint density at radius 3 is 2.39 bits per heavy atom. The van der Waals surface area contributed by atoms with Crippen LogP contribution in [0, 0.1) is 0 Å². The van der Waals surface area contributed by atoms with Crippen molar-refractivity contribution in [3.63, 3.8) is 0 Å². The van der Waals surface area contributed by atoms with Gasteiger partial charge in [0.15, 0.2) is 0 Å². The van der Waals surface area contributed by atoms with Gasteiger partial charge in [-0.25, -0.2) is 4.98 Å². The molecule has 23 heavy (non-hydrogen) atoms. The highest BCUT2D eigenvalue weighted by Gasteiger charge is 2.26. The lowest BCUT2D eigenvalue weighted by Crippen LogP contribution is -2.00. The lowest BCUT2D eigenvalue weighted by Gasteiger charge is -2.17. The summed E-state index contributed by atoms with van der Waals surface area (Å²) in [5, 5.41) is 1.19. The number of rotatable bonds is 8. The number of halogens is 1. The van der Waals surface area contributed by atoms with Gasteiger partial charge in [0.2, 0.25) is 0 Å². The second kappa shape index (κ2) is 8.11. The maximum atomic E-state index is 12.7. The first-order valence-electron chi connectivity index (χ1n) is 7.61. The van der Waals surface area contributed by atoms with E-state index in [2.05, 4.69) is 4.98 Å². The van der Waals surface area contributed by atoms with Crippen LogP contribution in [0.3, 0.4) is 0 Å². The van der Waals surface area contributed by atoms with Crippen molar-refractivity contribution in [2.45, 2.75) is 26.9 Å². The van der Waals surface area contributed by atoms with Crippen molar-refractivity contribution in [1.82, 2.24) is 4.98 Å². The van der Waals surface area contributed by atoms with Crippen molar-refractivity contribution >= 4 is 30.1 Å². The van der Waals surface area contributed by atoms with Gasteiger partial charge in [0.05, 0.1) is 31.5 Å².